The first kappa shape index (κ1) is 28.1. The number of hydrogen-bond acceptors (Lipinski definition) is 4. The largest absolute Gasteiger partial charge is 0.444 e. The first-order valence-electron chi connectivity index (χ1n) is 13.1. The van der Waals surface area contributed by atoms with E-state index >= 15 is 8.78 Å². The average molecular weight is 540 g/mol. The first-order valence-corrected chi connectivity index (χ1v) is 13.1. The lowest BCUT2D eigenvalue weighted by molar-refractivity contribution is 0.0138. The van der Waals surface area contributed by atoms with E-state index in [4.69, 9.17) is 15.6 Å². The smallest absolute Gasteiger partial charge is 0.410 e. The van der Waals surface area contributed by atoms with Crippen LogP contribution in [-0.2, 0) is 30.5 Å². The fourth-order valence-electron chi connectivity index (χ4n) is 4.99. The van der Waals surface area contributed by atoms with Gasteiger partial charge in [0.25, 0.3) is 0 Å². The van der Waals surface area contributed by atoms with Crippen LogP contribution >= 0.6 is 0 Å². The van der Waals surface area contributed by atoms with E-state index in [1.54, 1.807) is 30.4 Å². The van der Waals surface area contributed by atoms with Crippen LogP contribution < -0.4 is 11.1 Å². The number of nitrogens with two attached hydrogens (primary N) is 1. The molecule has 0 fully saturated rings. The molecule has 1 atom stereocenters. The molecule has 0 unspecified atom stereocenters. The number of amides is 3. The molecule has 10 heteroatoms. The van der Waals surface area contributed by atoms with E-state index in [9.17, 15) is 9.59 Å². The average Bonchev–Trinajstić information content (AvgIpc) is 3.20. The molecular weight excluding hydrogens is 504 g/mol. The van der Waals surface area contributed by atoms with E-state index in [0.29, 0.717) is 36.2 Å². The molecule has 208 valence electrons. The first-order chi connectivity index (χ1) is 18.3. The molecule has 1 aliphatic rings. The highest BCUT2D eigenvalue weighted by molar-refractivity contribution is 5.88. The Bertz CT molecular complexity index is 1410. The Morgan fingerprint density at radius 1 is 1.13 bits per heavy atom. The van der Waals surface area contributed by atoms with Gasteiger partial charge in [0, 0.05) is 29.7 Å². The number of halogens is 2. The summed E-state index contributed by atoms with van der Waals surface area (Å²) in [5.41, 5.74) is 8.50. The summed E-state index contributed by atoms with van der Waals surface area (Å²) in [5, 5.41) is 7.05. The fraction of sp³-hybridized carbons (Fsp3) is 0.414. The summed E-state index contributed by atoms with van der Waals surface area (Å²) in [5.74, 6) is -1.61. The number of urea groups is 1. The van der Waals surface area contributed by atoms with Crippen molar-refractivity contribution in [2.45, 2.75) is 79.0 Å². The molecule has 1 aliphatic heterocycles. The lowest BCUT2D eigenvalue weighted by Crippen LogP contribution is -2.45. The zero-order valence-electron chi connectivity index (χ0n) is 23.2. The van der Waals surface area contributed by atoms with Crippen LogP contribution in [0.15, 0.2) is 30.3 Å². The lowest BCUT2D eigenvalue weighted by Gasteiger charge is -2.34. The second-order valence-electron chi connectivity index (χ2n) is 10.8. The van der Waals surface area contributed by atoms with Gasteiger partial charge < -0.3 is 20.7 Å². The van der Waals surface area contributed by atoms with Crippen molar-refractivity contribution < 1.29 is 23.1 Å². The highest BCUT2D eigenvalue weighted by atomic mass is 19.1. The molecule has 39 heavy (non-hydrogen) atoms. The number of primary amides is 1. The van der Waals surface area contributed by atoms with Gasteiger partial charge in [0.2, 0.25) is 0 Å². The number of carbonyl (C=O) groups excluding carboxylic acids is 2. The number of aromatic nitrogens is 2. The molecule has 0 saturated heterocycles. The molecule has 0 aliphatic carbocycles. The Balaban J connectivity index is 1.98. The van der Waals surface area contributed by atoms with E-state index < -0.39 is 29.4 Å². The van der Waals surface area contributed by atoms with Gasteiger partial charge in [-0.3, -0.25) is 0 Å². The molecule has 0 radical (unpaired) electrons. The van der Waals surface area contributed by atoms with Crippen molar-refractivity contribution in [1.82, 2.24) is 14.7 Å². The minimum absolute atomic E-state index is 0.0390. The summed E-state index contributed by atoms with van der Waals surface area (Å²) < 4.78 is 38.2. The van der Waals surface area contributed by atoms with Crippen molar-refractivity contribution in [1.29, 1.82) is 0 Å². The van der Waals surface area contributed by atoms with Gasteiger partial charge in [-0.1, -0.05) is 32.0 Å². The molecule has 0 spiro atoms. The maximum atomic E-state index is 15.7. The van der Waals surface area contributed by atoms with E-state index in [1.165, 1.54) is 0 Å². The molecule has 8 nitrogen and oxygen atoms in total. The molecule has 1 aromatic heterocycles. The summed E-state index contributed by atoms with van der Waals surface area (Å²) in [7, 11) is 0. The highest BCUT2D eigenvalue weighted by Gasteiger charge is 2.36. The van der Waals surface area contributed by atoms with Crippen molar-refractivity contribution >= 4 is 17.8 Å². The van der Waals surface area contributed by atoms with Crippen molar-refractivity contribution in [3.63, 3.8) is 0 Å². The maximum absolute atomic E-state index is 15.7. The van der Waals surface area contributed by atoms with Crippen LogP contribution in [0.5, 0.6) is 0 Å². The minimum Gasteiger partial charge on any atom is -0.444 e. The topological polar surface area (TPSA) is 102 Å². The Morgan fingerprint density at radius 2 is 1.77 bits per heavy atom. The third kappa shape index (κ3) is 5.60. The number of rotatable bonds is 5. The van der Waals surface area contributed by atoms with Gasteiger partial charge in [0.15, 0.2) is 0 Å². The van der Waals surface area contributed by atoms with Gasteiger partial charge in [-0.15, -0.1) is 0 Å². The van der Waals surface area contributed by atoms with Crippen molar-refractivity contribution in [3.05, 3.63) is 64.4 Å². The summed E-state index contributed by atoms with van der Waals surface area (Å²) in [4.78, 5) is 26.0. The third-order valence-corrected chi connectivity index (χ3v) is 6.79. The Hall–Kier alpha value is -3.95. The number of anilines is 1. The second-order valence-corrected chi connectivity index (χ2v) is 10.8. The van der Waals surface area contributed by atoms with Crippen LogP contribution in [-0.4, -0.2) is 38.4 Å². The number of carbonyl (C=O) groups is 2. The zero-order chi connectivity index (χ0) is 28.6. The summed E-state index contributed by atoms with van der Waals surface area (Å²) >= 11 is 0. The van der Waals surface area contributed by atoms with Crippen molar-refractivity contribution in [2.24, 2.45) is 5.73 Å². The number of fused-ring (bicyclic) bond motifs is 1. The molecule has 2 aromatic carbocycles. The third-order valence-electron chi connectivity index (χ3n) is 6.79. The molecule has 3 N–H and O–H groups in total. The molecule has 0 saturated carbocycles. The zero-order valence-corrected chi connectivity index (χ0v) is 23.2. The SMILES string of the molecule is CCc1cccc(CC)c1-n1nc2c(c1-c1cc(F)c(NC(N)=O)cc1F)CN(C(=O)OC(C)(C)C)[C@H](C)C2. The second kappa shape index (κ2) is 10.7. The number of para-hydroxylation sites is 1. The van der Waals surface area contributed by atoms with Crippen LogP contribution in [0.1, 0.15) is 63.9 Å². The molecule has 2 heterocycles. The molecule has 3 aromatic rings. The monoisotopic (exact) mass is 539 g/mol. The van der Waals surface area contributed by atoms with Crippen molar-refractivity contribution in [3.8, 4) is 16.9 Å². The summed E-state index contributed by atoms with van der Waals surface area (Å²) in [6.07, 6.45) is 1.32. The lowest BCUT2D eigenvalue weighted by atomic mass is 9.96. The molecule has 4 rings (SSSR count). The van der Waals surface area contributed by atoms with E-state index in [2.05, 4.69) is 5.32 Å². The Morgan fingerprint density at radius 3 is 2.33 bits per heavy atom. The van der Waals surface area contributed by atoms with Crippen LogP contribution in [0.2, 0.25) is 0 Å². The highest BCUT2D eigenvalue weighted by Crippen LogP contribution is 2.39. The molecule has 3 amide bonds. The predicted molar refractivity (Wildman–Crippen MR) is 146 cm³/mol. The standard InChI is InChI=1S/C29H35F2N5O3/c1-7-17-10-9-11-18(8-2)25(17)36-26(19-13-22(31)24(14-21(19)30)33-27(32)37)20-15-35(16(3)12-23(20)34-36)28(38)39-29(4,5)6/h9-11,13-14,16H,7-8,12,15H2,1-6H3,(H3,32,33,37)/t16-/m1/s1. The van der Waals surface area contributed by atoms with Gasteiger partial charge >= 0.3 is 12.1 Å². The molecule has 0 bridgehead atoms. The number of aryl methyl sites for hydroxylation is 2. The number of nitrogens with zero attached hydrogens (tertiary/aromatic N) is 3. The van der Waals surface area contributed by atoms with Crippen LogP contribution in [0.25, 0.3) is 16.9 Å². The predicted octanol–water partition coefficient (Wildman–Crippen LogP) is 6.11. The van der Waals surface area contributed by atoms with E-state index in [1.807, 2.05) is 39.0 Å². The Labute approximate surface area is 227 Å². The summed E-state index contributed by atoms with van der Waals surface area (Å²) in [6.45, 7) is 11.5. The van der Waals surface area contributed by atoms with Crippen molar-refractivity contribution in [2.75, 3.05) is 5.32 Å². The van der Waals surface area contributed by atoms with Gasteiger partial charge in [-0.2, -0.15) is 5.10 Å². The van der Waals surface area contributed by atoms with Crippen LogP contribution in [0.3, 0.4) is 0 Å². The van der Waals surface area contributed by atoms with Crippen LogP contribution in [0.4, 0.5) is 24.1 Å². The minimum atomic E-state index is -1.00. The number of nitrogens with one attached hydrogen (secondary N) is 1. The van der Waals surface area contributed by atoms with Crippen LogP contribution in [0, 0.1) is 11.6 Å². The normalized spacial score (nSPS) is 15.2. The number of benzene rings is 2. The van der Waals surface area contributed by atoms with E-state index in [0.717, 1.165) is 28.9 Å². The van der Waals surface area contributed by atoms with E-state index in [-0.39, 0.29) is 23.8 Å². The fourth-order valence-corrected chi connectivity index (χ4v) is 4.99. The molecular formula is C29H35F2N5O3. The van der Waals surface area contributed by atoms with Gasteiger partial charge in [-0.25, -0.2) is 23.1 Å². The number of ether oxygens (including phenoxy) is 1. The number of hydrogen-bond donors (Lipinski definition) is 2. The van der Waals surface area contributed by atoms with Gasteiger partial charge in [-0.05, 0) is 57.7 Å². The quantitative estimate of drug-likeness (QED) is 0.408. The summed E-state index contributed by atoms with van der Waals surface area (Å²) in [6, 6.07) is 6.67. The van der Waals surface area contributed by atoms with Gasteiger partial charge in [0.05, 0.1) is 29.3 Å². The maximum Gasteiger partial charge on any atom is 0.410 e. The van der Waals surface area contributed by atoms with Gasteiger partial charge in [0.1, 0.15) is 17.2 Å². The Kier molecular flexibility index (Phi) is 7.68.